The summed E-state index contributed by atoms with van der Waals surface area (Å²) in [4.78, 5) is 24.3. The average Bonchev–Trinajstić information content (AvgIpc) is 2.47. The number of hydrazine groups is 1. The summed E-state index contributed by atoms with van der Waals surface area (Å²) >= 11 is 0. The molecule has 23 heavy (non-hydrogen) atoms. The molecule has 0 saturated carbocycles. The Kier molecular flexibility index (Phi) is 5.26. The molecule has 1 aromatic rings. The van der Waals surface area contributed by atoms with Crippen molar-refractivity contribution in [1.82, 2.24) is 10.0 Å². The van der Waals surface area contributed by atoms with Gasteiger partial charge in [0.2, 0.25) is 0 Å². The highest BCUT2D eigenvalue weighted by molar-refractivity contribution is 5.76. The number of carbonyl (C=O) groups is 2. The zero-order valence-electron chi connectivity index (χ0n) is 13.9. The zero-order valence-corrected chi connectivity index (χ0v) is 13.9. The summed E-state index contributed by atoms with van der Waals surface area (Å²) in [6, 6.07) is 8.06. The number of hydrogen-bond acceptors (Lipinski definition) is 4. The van der Waals surface area contributed by atoms with Gasteiger partial charge in [-0.15, -0.1) is 0 Å². The predicted molar refractivity (Wildman–Crippen MR) is 85.7 cm³/mol. The third-order valence-electron chi connectivity index (χ3n) is 3.57. The summed E-state index contributed by atoms with van der Waals surface area (Å²) in [6.45, 7) is 6.36. The van der Waals surface area contributed by atoms with E-state index in [2.05, 4.69) is 0 Å². The lowest BCUT2D eigenvalue weighted by atomic mass is 10.1. The maximum Gasteiger partial charge on any atom is 0.425 e. The van der Waals surface area contributed by atoms with Crippen molar-refractivity contribution in [2.75, 3.05) is 13.1 Å². The van der Waals surface area contributed by atoms with E-state index < -0.39 is 23.7 Å². The lowest BCUT2D eigenvalue weighted by molar-refractivity contribution is -0.155. The fourth-order valence-electron chi connectivity index (χ4n) is 2.64. The largest absolute Gasteiger partial charge is 0.480 e. The van der Waals surface area contributed by atoms with E-state index in [0.29, 0.717) is 18.7 Å². The molecule has 1 fully saturated rings. The van der Waals surface area contributed by atoms with E-state index in [4.69, 9.17) is 4.74 Å². The van der Waals surface area contributed by atoms with Crippen molar-refractivity contribution in [3.8, 4) is 0 Å². The molecule has 0 bridgehead atoms. The number of hydrogen-bond donors (Lipinski definition) is 1. The first-order chi connectivity index (χ1) is 10.8. The molecule has 1 aromatic carbocycles. The second-order valence-corrected chi connectivity index (χ2v) is 6.63. The lowest BCUT2D eigenvalue weighted by Gasteiger charge is -2.42. The molecule has 0 unspecified atom stereocenters. The summed E-state index contributed by atoms with van der Waals surface area (Å²) < 4.78 is 5.43. The van der Waals surface area contributed by atoms with Gasteiger partial charge < -0.3 is 9.84 Å². The molecule has 1 heterocycles. The molecular weight excluding hydrogens is 296 g/mol. The molecule has 1 aliphatic heterocycles. The van der Waals surface area contributed by atoms with E-state index >= 15 is 0 Å². The first-order valence-corrected chi connectivity index (χ1v) is 7.84. The summed E-state index contributed by atoms with van der Waals surface area (Å²) in [7, 11) is 0. The first-order valence-electron chi connectivity index (χ1n) is 7.84. The molecule has 0 spiro atoms. The van der Waals surface area contributed by atoms with Crippen molar-refractivity contribution in [3.05, 3.63) is 35.9 Å². The van der Waals surface area contributed by atoms with Gasteiger partial charge >= 0.3 is 12.1 Å². The van der Waals surface area contributed by atoms with Gasteiger partial charge in [0.1, 0.15) is 5.60 Å². The second kappa shape index (κ2) is 7.00. The Bertz CT molecular complexity index is 553. The fraction of sp³-hybridized carbons (Fsp3) is 0.529. The van der Waals surface area contributed by atoms with E-state index in [1.165, 1.54) is 5.01 Å². The first kappa shape index (κ1) is 17.3. The van der Waals surface area contributed by atoms with Gasteiger partial charge in [-0.25, -0.2) is 9.80 Å². The van der Waals surface area contributed by atoms with Crippen molar-refractivity contribution in [2.45, 2.75) is 45.3 Å². The number of ether oxygens (including phenoxy) is 1. The number of amides is 1. The number of carboxylic acid groups (broad SMARTS) is 1. The smallest absolute Gasteiger partial charge is 0.425 e. The van der Waals surface area contributed by atoms with E-state index in [-0.39, 0.29) is 0 Å². The zero-order chi connectivity index (χ0) is 17.0. The summed E-state index contributed by atoms with van der Waals surface area (Å²) in [6.07, 6.45) is 1.17. The number of benzene rings is 1. The number of nitrogens with zero attached hydrogens (tertiary/aromatic N) is 2. The minimum absolute atomic E-state index is 0.464. The van der Waals surface area contributed by atoms with Gasteiger partial charge in [-0.05, 0) is 39.2 Å². The summed E-state index contributed by atoms with van der Waals surface area (Å²) in [5.41, 5.74) is 0.0292. The van der Waals surface area contributed by atoms with Crippen LogP contribution in [0.25, 0.3) is 0 Å². The van der Waals surface area contributed by atoms with Gasteiger partial charge in [0, 0.05) is 13.1 Å². The molecule has 0 aromatic heterocycles. The van der Waals surface area contributed by atoms with Crippen LogP contribution in [0, 0.1) is 0 Å². The predicted octanol–water partition coefficient (Wildman–Crippen LogP) is 3.06. The Hall–Kier alpha value is -2.08. The molecule has 1 aliphatic rings. The molecule has 0 radical (unpaired) electrons. The van der Waals surface area contributed by atoms with Crippen LogP contribution < -0.4 is 0 Å². The van der Waals surface area contributed by atoms with Crippen molar-refractivity contribution in [1.29, 1.82) is 0 Å². The van der Waals surface area contributed by atoms with Crippen LogP contribution in [-0.4, -0.2) is 45.9 Å². The Morgan fingerprint density at radius 1 is 1.13 bits per heavy atom. The van der Waals surface area contributed by atoms with Crippen molar-refractivity contribution in [3.63, 3.8) is 0 Å². The van der Waals surface area contributed by atoms with E-state index in [9.17, 15) is 14.7 Å². The summed E-state index contributed by atoms with van der Waals surface area (Å²) in [5, 5.41) is 12.7. The minimum Gasteiger partial charge on any atom is -0.480 e. The molecule has 2 rings (SSSR count). The van der Waals surface area contributed by atoms with E-state index in [1.54, 1.807) is 50.0 Å². The molecular formula is C17H24N2O4. The second-order valence-electron chi connectivity index (χ2n) is 6.63. The molecule has 1 atom stereocenters. The van der Waals surface area contributed by atoms with Crippen LogP contribution in [0.5, 0.6) is 0 Å². The molecule has 1 amide bonds. The van der Waals surface area contributed by atoms with Gasteiger partial charge in [0.25, 0.3) is 0 Å². The third-order valence-corrected chi connectivity index (χ3v) is 3.57. The van der Waals surface area contributed by atoms with Gasteiger partial charge in [-0.3, -0.25) is 4.79 Å². The molecule has 6 heteroatoms. The highest BCUT2D eigenvalue weighted by Crippen LogP contribution is 2.27. The Labute approximate surface area is 136 Å². The van der Waals surface area contributed by atoms with Gasteiger partial charge in [0.15, 0.2) is 6.04 Å². The molecule has 126 valence electrons. The maximum absolute atomic E-state index is 12.5. The van der Waals surface area contributed by atoms with Crippen LogP contribution in [-0.2, 0) is 9.53 Å². The van der Waals surface area contributed by atoms with Crippen LogP contribution in [0.15, 0.2) is 30.3 Å². The molecule has 6 nitrogen and oxygen atoms in total. The van der Waals surface area contributed by atoms with Crippen LogP contribution >= 0.6 is 0 Å². The van der Waals surface area contributed by atoms with E-state index in [1.807, 2.05) is 6.07 Å². The van der Waals surface area contributed by atoms with Crippen molar-refractivity contribution in [2.24, 2.45) is 0 Å². The maximum atomic E-state index is 12.5. The van der Waals surface area contributed by atoms with Gasteiger partial charge in [-0.1, -0.05) is 30.3 Å². The van der Waals surface area contributed by atoms with E-state index in [0.717, 1.165) is 12.8 Å². The SMILES string of the molecule is CC(C)(C)OC(=O)N1CCCCN1[C@@H](C(=O)O)c1ccccc1. The topological polar surface area (TPSA) is 70.1 Å². The van der Waals surface area contributed by atoms with Crippen LogP contribution in [0.4, 0.5) is 4.79 Å². The lowest BCUT2D eigenvalue weighted by Crippen LogP contribution is -2.54. The normalized spacial score (nSPS) is 17.6. The molecule has 1 saturated heterocycles. The van der Waals surface area contributed by atoms with Crippen molar-refractivity contribution >= 4 is 12.1 Å². The summed E-state index contributed by atoms with van der Waals surface area (Å²) in [5.74, 6) is -0.980. The number of carboxylic acids is 1. The minimum atomic E-state index is -0.980. The number of rotatable bonds is 3. The monoisotopic (exact) mass is 320 g/mol. The van der Waals surface area contributed by atoms with Gasteiger partial charge in [0.05, 0.1) is 0 Å². The fourth-order valence-corrected chi connectivity index (χ4v) is 2.64. The number of aliphatic carboxylic acids is 1. The Balaban J connectivity index is 2.28. The third kappa shape index (κ3) is 4.45. The average molecular weight is 320 g/mol. The van der Waals surface area contributed by atoms with Crippen LogP contribution in [0.3, 0.4) is 0 Å². The highest BCUT2D eigenvalue weighted by atomic mass is 16.6. The Morgan fingerprint density at radius 2 is 1.74 bits per heavy atom. The molecule has 1 N–H and O–H groups in total. The van der Waals surface area contributed by atoms with Gasteiger partial charge in [-0.2, -0.15) is 5.01 Å². The Morgan fingerprint density at radius 3 is 2.30 bits per heavy atom. The number of carbonyl (C=O) groups excluding carboxylic acids is 1. The molecule has 0 aliphatic carbocycles. The quantitative estimate of drug-likeness (QED) is 0.927. The van der Waals surface area contributed by atoms with Crippen molar-refractivity contribution < 1.29 is 19.4 Å². The van der Waals surface area contributed by atoms with Crippen LogP contribution in [0.2, 0.25) is 0 Å². The van der Waals surface area contributed by atoms with Crippen LogP contribution in [0.1, 0.15) is 45.2 Å². The highest BCUT2D eigenvalue weighted by Gasteiger charge is 2.37. The standard InChI is InChI=1S/C17H24N2O4/c1-17(2,3)23-16(22)19-12-8-7-11-18(19)14(15(20)21)13-9-5-4-6-10-13/h4-6,9-10,14H,7-8,11-12H2,1-3H3,(H,20,21)/t14-/m1/s1.